The zero-order valence-electron chi connectivity index (χ0n) is 8.85. The minimum absolute atomic E-state index is 0.613. The summed E-state index contributed by atoms with van der Waals surface area (Å²) in [6.07, 6.45) is 1.76. The molecule has 7 nitrogen and oxygen atoms in total. The van der Waals surface area contributed by atoms with Crippen molar-refractivity contribution in [3.63, 3.8) is 0 Å². The first-order valence-corrected chi connectivity index (χ1v) is 5.11. The molecule has 0 saturated heterocycles. The molecule has 0 spiro atoms. The van der Waals surface area contributed by atoms with Gasteiger partial charge in [-0.25, -0.2) is 0 Å². The fourth-order valence-corrected chi connectivity index (χ4v) is 1.43. The van der Waals surface area contributed by atoms with Crippen LogP contribution >= 0.6 is 0 Å². The number of nitrogens with zero attached hydrogens (tertiary/aromatic N) is 6. The second-order valence-corrected chi connectivity index (χ2v) is 3.42. The van der Waals surface area contributed by atoms with Crippen molar-refractivity contribution < 1.29 is 0 Å². The lowest BCUT2D eigenvalue weighted by Crippen LogP contribution is -2.05. The largest absolute Gasteiger partial charge is 0.363 e. The summed E-state index contributed by atoms with van der Waals surface area (Å²) in [6, 6.07) is 9.40. The molecule has 0 aliphatic rings. The van der Waals surface area contributed by atoms with Crippen molar-refractivity contribution in [3.05, 3.63) is 42.2 Å². The van der Waals surface area contributed by atoms with Crippen LogP contribution in [0.5, 0.6) is 0 Å². The number of pyridine rings is 1. The van der Waals surface area contributed by atoms with Crippen LogP contribution in [0.1, 0.15) is 5.69 Å². The molecule has 3 heterocycles. The Morgan fingerprint density at radius 2 is 2.18 bits per heavy atom. The van der Waals surface area contributed by atoms with Gasteiger partial charge in [-0.15, -0.1) is 14.8 Å². The molecule has 0 amide bonds. The van der Waals surface area contributed by atoms with Crippen LogP contribution < -0.4 is 5.32 Å². The molecular formula is C10H9N7. The number of tetrazole rings is 1. The van der Waals surface area contributed by atoms with E-state index >= 15 is 0 Å². The predicted molar refractivity (Wildman–Crippen MR) is 60.1 cm³/mol. The molecule has 0 atom stereocenters. The van der Waals surface area contributed by atoms with E-state index in [4.69, 9.17) is 0 Å². The monoisotopic (exact) mass is 227 g/mol. The highest BCUT2D eigenvalue weighted by molar-refractivity contribution is 5.42. The Labute approximate surface area is 96.5 Å². The van der Waals surface area contributed by atoms with Gasteiger partial charge in [-0.1, -0.05) is 6.07 Å². The van der Waals surface area contributed by atoms with Crippen molar-refractivity contribution in [2.24, 2.45) is 0 Å². The summed E-state index contributed by atoms with van der Waals surface area (Å²) in [7, 11) is 0. The topological polar surface area (TPSA) is 80.9 Å². The second kappa shape index (κ2) is 4.12. The van der Waals surface area contributed by atoms with Crippen LogP contribution in [0.3, 0.4) is 0 Å². The van der Waals surface area contributed by atoms with E-state index in [2.05, 4.69) is 30.9 Å². The van der Waals surface area contributed by atoms with Crippen molar-refractivity contribution in [2.75, 3.05) is 5.32 Å². The Hall–Kier alpha value is -2.57. The van der Waals surface area contributed by atoms with Gasteiger partial charge >= 0.3 is 0 Å². The number of nitrogens with one attached hydrogen (secondary N) is 1. The van der Waals surface area contributed by atoms with Gasteiger partial charge in [0.2, 0.25) is 0 Å². The van der Waals surface area contributed by atoms with E-state index in [1.807, 2.05) is 24.3 Å². The Bertz CT molecular complexity index is 619. The number of hydrogen-bond donors (Lipinski definition) is 1. The lowest BCUT2D eigenvalue weighted by molar-refractivity contribution is 0.733. The van der Waals surface area contributed by atoms with E-state index in [0.29, 0.717) is 18.0 Å². The average Bonchev–Trinajstić information content (AvgIpc) is 2.85. The highest BCUT2D eigenvalue weighted by Crippen LogP contribution is 2.04. The molecule has 7 heteroatoms. The number of fused-ring (bicyclic) bond motifs is 1. The molecule has 0 aromatic carbocycles. The van der Waals surface area contributed by atoms with Gasteiger partial charge in [0, 0.05) is 6.20 Å². The maximum atomic E-state index is 4.21. The van der Waals surface area contributed by atoms with Crippen molar-refractivity contribution >= 4 is 11.5 Å². The lowest BCUT2D eigenvalue weighted by atomic mass is 10.3. The zero-order chi connectivity index (χ0) is 11.5. The molecule has 3 aromatic rings. The lowest BCUT2D eigenvalue weighted by Gasteiger charge is -2.03. The van der Waals surface area contributed by atoms with E-state index in [1.54, 1.807) is 12.3 Å². The van der Waals surface area contributed by atoms with Gasteiger partial charge in [0.25, 0.3) is 0 Å². The molecule has 3 aromatic heterocycles. The van der Waals surface area contributed by atoms with Gasteiger partial charge in [0.15, 0.2) is 5.65 Å². The van der Waals surface area contributed by atoms with Crippen molar-refractivity contribution in [1.82, 2.24) is 30.2 Å². The molecule has 0 saturated carbocycles. The maximum Gasteiger partial charge on any atom is 0.200 e. The number of rotatable bonds is 3. The van der Waals surface area contributed by atoms with Crippen LogP contribution in [-0.4, -0.2) is 30.2 Å². The summed E-state index contributed by atoms with van der Waals surface area (Å²) < 4.78 is 1.38. The quantitative estimate of drug-likeness (QED) is 0.702. The third-order valence-electron chi connectivity index (χ3n) is 2.25. The van der Waals surface area contributed by atoms with Gasteiger partial charge in [-0.2, -0.15) is 0 Å². The molecule has 0 bridgehead atoms. The van der Waals surface area contributed by atoms with Crippen LogP contribution in [0.2, 0.25) is 0 Å². The smallest absolute Gasteiger partial charge is 0.200 e. The van der Waals surface area contributed by atoms with Crippen LogP contribution in [0.15, 0.2) is 36.5 Å². The van der Waals surface area contributed by atoms with E-state index < -0.39 is 0 Å². The first-order valence-electron chi connectivity index (χ1n) is 5.11. The molecule has 84 valence electrons. The predicted octanol–water partition coefficient (Wildman–Crippen LogP) is 0.526. The van der Waals surface area contributed by atoms with Crippen molar-refractivity contribution in [1.29, 1.82) is 0 Å². The molecule has 0 aliphatic carbocycles. The SMILES string of the molecule is c1ccc(CNc2ccc3nnnn3n2)nc1. The van der Waals surface area contributed by atoms with E-state index in [9.17, 15) is 0 Å². The van der Waals surface area contributed by atoms with Gasteiger partial charge in [-0.05, 0) is 34.7 Å². The summed E-state index contributed by atoms with van der Waals surface area (Å²) in [5, 5.41) is 18.4. The molecule has 0 unspecified atom stereocenters. The third-order valence-corrected chi connectivity index (χ3v) is 2.25. The second-order valence-electron chi connectivity index (χ2n) is 3.42. The molecule has 3 rings (SSSR count). The molecule has 0 fully saturated rings. The third kappa shape index (κ3) is 2.03. The molecule has 17 heavy (non-hydrogen) atoms. The maximum absolute atomic E-state index is 4.21. The van der Waals surface area contributed by atoms with Crippen molar-refractivity contribution in [2.45, 2.75) is 6.54 Å². The summed E-state index contributed by atoms with van der Waals surface area (Å²) in [6.45, 7) is 0.613. The highest BCUT2D eigenvalue weighted by atomic mass is 15.6. The Balaban J connectivity index is 1.76. The van der Waals surface area contributed by atoms with Gasteiger partial charge in [-0.3, -0.25) is 4.98 Å². The first kappa shape index (κ1) is 9.64. The Kier molecular flexibility index (Phi) is 2.34. The van der Waals surface area contributed by atoms with Crippen molar-refractivity contribution in [3.8, 4) is 0 Å². The molecule has 1 N–H and O–H groups in total. The fraction of sp³-hybridized carbons (Fsp3) is 0.100. The summed E-state index contributed by atoms with van der Waals surface area (Å²) in [4.78, 5) is 4.21. The first-order chi connectivity index (χ1) is 8.42. The molecular weight excluding hydrogens is 218 g/mol. The molecule has 0 aliphatic heterocycles. The Morgan fingerprint density at radius 1 is 1.18 bits per heavy atom. The standard InChI is InChI=1S/C10H9N7/c1-2-6-11-8(3-1)7-12-9-4-5-10-13-15-16-17(10)14-9/h1-6H,7H2,(H,12,14). The Morgan fingerprint density at radius 3 is 3.06 bits per heavy atom. The van der Waals surface area contributed by atoms with E-state index in [-0.39, 0.29) is 0 Å². The highest BCUT2D eigenvalue weighted by Gasteiger charge is 2.00. The summed E-state index contributed by atoms with van der Waals surface area (Å²) in [5.74, 6) is 0.704. The number of hydrogen-bond acceptors (Lipinski definition) is 6. The van der Waals surface area contributed by atoms with Crippen LogP contribution in [0, 0.1) is 0 Å². The zero-order valence-corrected chi connectivity index (χ0v) is 8.85. The van der Waals surface area contributed by atoms with Gasteiger partial charge < -0.3 is 5.32 Å². The van der Waals surface area contributed by atoms with Crippen LogP contribution in [0.25, 0.3) is 5.65 Å². The van der Waals surface area contributed by atoms with Gasteiger partial charge in [0.05, 0.1) is 12.2 Å². The normalized spacial score (nSPS) is 10.6. The minimum Gasteiger partial charge on any atom is -0.363 e. The number of aromatic nitrogens is 6. The van der Waals surface area contributed by atoms with E-state index in [0.717, 1.165) is 5.69 Å². The van der Waals surface area contributed by atoms with Crippen LogP contribution in [-0.2, 0) is 6.54 Å². The summed E-state index contributed by atoms with van der Waals surface area (Å²) in [5.41, 5.74) is 1.57. The number of anilines is 1. The fourth-order valence-electron chi connectivity index (χ4n) is 1.43. The average molecular weight is 227 g/mol. The summed E-state index contributed by atoms with van der Waals surface area (Å²) >= 11 is 0. The van der Waals surface area contributed by atoms with Crippen LogP contribution in [0.4, 0.5) is 5.82 Å². The van der Waals surface area contributed by atoms with Gasteiger partial charge in [0.1, 0.15) is 5.82 Å². The van der Waals surface area contributed by atoms with E-state index in [1.165, 1.54) is 4.63 Å². The molecule has 0 radical (unpaired) electrons. The minimum atomic E-state index is 0.613.